The van der Waals surface area contributed by atoms with Gasteiger partial charge in [0.25, 0.3) is 5.56 Å². The Balaban J connectivity index is 1.75. The first-order chi connectivity index (χ1) is 14.9. The SMILES string of the molecule is C/C=C(\N=C(C)C)c1ccc(-c2cc3cnc(NC4COC4)nc3n(C)c2=O)c(Cl)c1. The molecule has 7 nitrogen and oxygen atoms in total. The summed E-state index contributed by atoms with van der Waals surface area (Å²) in [5.74, 6) is 0.483. The van der Waals surface area contributed by atoms with Crippen molar-refractivity contribution in [3.63, 3.8) is 0 Å². The van der Waals surface area contributed by atoms with Crippen LogP contribution in [0.3, 0.4) is 0 Å². The summed E-state index contributed by atoms with van der Waals surface area (Å²) in [6.45, 7) is 7.09. The molecule has 31 heavy (non-hydrogen) atoms. The summed E-state index contributed by atoms with van der Waals surface area (Å²) in [7, 11) is 1.70. The van der Waals surface area contributed by atoms with Crippen molar-refractivity contribution in [3.05, 3.63) is 57.5 Å². The largest absolute Gasteiger partial charge is 0.377 e. The lowest BCUT2D eigenvalue weighted by atomic mass is 10.0. The molecule has 1 aromatic carbocycles. The third-order valence-corrected chi connectivity index (χ3v) is 5.41. The number of benzene rings is 1. The normalized spacial score (nSPS) is 14.4. The van der Waals surface area contributed by atoms with Crippen molar-refractivity contribution in [2.24, 2.45) is 12.0 Å². The Labute approximate surface area is 185 Å². The van der Waals surface area contributed by atoms with E-state index >= 15 is 0 Å². The molecular formula is C23H24ClN5O2. The number of allylic oxidation sites excluding steroid dienone is 1. The molecule has 0 amide bonds. The summed E-state index contributed by atoms with van der Waals surface area (Å²) in [5, 5.41) is 4.45. The molecule has 8 heteroatoms. The average molecular weight is 438 g/mol. The second-order valence-corrected chi connectivity index (χ2v) is 8.11. The van der Waals surface area contributed by atoms with Gasteiger partial charge in [-0.3, -0.25) is 14.4 Å². The monoisotopic (exact) mass is 437 g/mol. The molecule has 0 bridgehead atoms. The van der Waals surface area contributed by atoms with Crippen molar-refractivity contribution in [2.45, 2.75) is 26.8 Å². The molecule has 0 unspecified atom stereocenters. The van der Waals surface area contributed by atoms with E-state index in [1.807, 2.05) is 45.0 Å². The fourth-order valence-electron chi connectivity index (χ4n) is 3.44. The van der Waals surface area contributed by atoms with Gasteiger partial charge in [-0.25, -0.2) is 4.98 Å². The van der Waals surface area contributed by atoms with E-state index in [-0.39, 0.29) is 11.6 Å². The van der Waals surface area contributed by atoms with Crippen molar-refractivity contribution in [2.75, 3.05) is 18.5 Å². The highest BCUT2D eigenvalue weighted by Gasteiger charge is 2.20. The Bertz CT molecular complexity index is 1270. The number of nitrogens with zero attached hydrogens (tertiary/aromatic N) is 4. The van der Waals surface area contributed by atoms with Crippen LogP contribution in [0.25, 0.3) is 27.9 Å². The number of pyridine rings is 1. The van der Waals surface area contributed by atoms with Crippen LogP contribution in [-0.4, -0.2) is 39.5 Å². The Hall–Kier alpha value is -3.03. The molecule has 4 rings (SSSR count). The van der Waals surface area contributed by atoms with Crippen molar-refractivity contribution in [1.29, 1.82) is 0 Å². The van der Waals surface area contributed by atoms with Crippen LogP contribution in [0.4, 0.5) is 5.95 Å². The minimum atomic E-state index is -0.174. The number of aromatic nitrogens is 3. The van der Waals surface area contributed by atoms with Gasteiger partial charge in [0, 0.05) is 46.1 Å². The van der Waals surface area contributed by atoms with Crippen LogP contribution in [0.2, 0.25) is 5.02 Å². The first kappa shape index (κ1) is 21.2. The maximum atomic E-state index is 13.1. The summed E-state index contributed by atoms with van der Waals surface area (Å²) >= 11 is 6.60. The van der Waals surface area contributed by atoms with Gasteiger partial charge >= 0.3 is 0 Å². The quantitative estimate of drug-likeness (QED) is 0.602. The minimum absolute atomic E-state index is 0.174. The van der Waals surface area contributed by atoms with E-state index < -0.39 is 0 Å². The molecule has 0 aliphatic carbocycles. The lowest BCUT2D eigenvalue weighted by Gasteiger charge is -2.26. The number of aliphatic imine (C=N–C) groups is 1. The predicted molar refractivity (Wildman–Crippen MR) is 126 cm³/mol. The number of rotatable bonds is 5. The van der Waals surface area contributed by atoms with Gasteiger partial charge in [0.2, 0.25) is 5.95 Å². The van der Waals surface area contributed by atoms with Gasteiger partial charge < -0.3 is 10.1 Å². The van der Waals surface area contributed by atoms with Crippen molar-refractivity contribution >= 4 is 40.0 Å². The van der Waals surface area contributed by atoms with E-state index in [2.05, 4.69) is 20.3 Å². The maximum Gasteiger partial charge on any atom is 0.259 e. The van der Waals surface area contributed by atoms with Gasteiger partial charge in [-0.2, -0.15) is 4.98 Å². The van der Waals surface area contributed by atoms with Gasteiger partial charge in [-0.1, -0.05) is 29.8 Å². The molecule has 160 valence electrons. The number of nitrogens with one attached hydrogen (secondary N) is 1. The number of hydrogen-bond acceptors (Lipinski definition) is 6. The molecule has 3 aromatic rings. The maximum absolute atomic E-state index is 13.1. The summed E-state index contributed by atoms with van der Waals surface area (Å²) in [5.41, 5.74) is 4.24. The van der Waals surface area contributed by atoms with Gasteiger partial charge in [0.05, 0.1) is 25.0 Å². The van der Waals surface area contributed by atoms with Crippen LogP contribution in [0, 0.1) is 0 Å². The molecule has 0 saturated carbocycles. The second kappa shape index (κ2) is 8.61. The topological polar surface area (TPSA) is 81.4 Å². The van der Waals surface area contributed by atoms with Gasteiger partial charge in [-0.15, -0.1) is 0 Å². The summed E-state index contributed by atoms with van der Waals surface area (Å²) in [6.07, 6.45) is 3.65. The molecule has 2 aromatic heterocycles. The van der Waals surface area contributed by atoms with Gasteiger partial charge in [0.1, 0.15) is 5.65 Å². The number of fused-ring (bicyclic) bond motifs is 1. The summed E-state index contributed by atoms with van der Waals surface area (Å²) in [4.78, 5) is 26.6. The van der Waals surface area contributed by atoms with E-state index in [1.54, 1.807) is 19.3 Å². The number of aryl methyl sites for hydroxylation is 1. The van der Waals surface area contributed by atoms with Gasteiger partial charge in [0.15, 0.2) is 0 Å². The van der Waals surface area contributed by atoms with Crippen LogP contribution in [-0.2, 0) is 11.8 Å². The highest BCUT2D eigenvalue weighted by atomic mass is 35.5. The first-order valence-corrected chi connectivity index (χ1v) is 10.4. The lowest BCUT2D eigenvalue weighted by molar-refractivity contribution is 0.0208. The van der Waals surface area contributed by atoms with Gasteiger partial charge in [-0.05, 0) is 32.9 Å². The van der Waals surface area contributed by atoms with E-state index in [0.717, 1.165) is 22.4 Å². The highest BCUT2D eigenvalue weighted by Crippen LogP contribution is 2.31. The van der Waals surface area contributed by atoms with Crippen LogP contribution in [0.15, 0.2) is 46.3 Å². The first-order valence-electron chi connectivity index (χ1n) is 10.1. The minimum Gasteiger partial charge on any atom is -0.377 e. The molecule has 1 saturated heterocycles. The van der Waals surface area contributed by atoms with Crippen molar-refractivity contribution < 1.29 is 4.74 Å². The fraction of sp³-hybridized carbons (Fsp3) is 0.304. The highest BCUT2D eigenvalue weighted by molar-refractivity contribution is 6.33. The van der Waals surface area contributed by atoms with Crippen molar-refractivity contribution in [1.82, 2.24) is 14.5 Å². The zero-order valence-corrected chi connectivity index (χ0v) is 18.7. The molecule has 1 fully saturated rings. The van der Waals surface area contributed by atoms with E-state index in [0.29, 0.717) is 41.0 Å². The van der Waals surface area contributed by atoms with Crippen LogP contribution >= 0.6 is 11.6 Å². The average Bonchev–Trinajstić information content (AvgIpc) is 2.72. The molecule has 1 aliphatic heterocycles. The zero-order chi connectivity index (χ0) is 22.1. The third-order valence-electron chi connectivity index (χ3n) is 5.09. The summed E-state index contributed by atoms with van der Waals surface area (Å²) in [6, 6.07) is 7.62. The van der Waals surface area contributed by atoms with E-state index in [4.69, 9.17) is 16.3 Å². The van der Waals surface area contributed by atoms with Crippen LogP contribution in [0.5, 0.6) is 0 Å². The van der Waals surface area contributed by atoms with E-state index in [1.165, 1.54) is 4.57 Å². The predicted octanol–water partition coefficient (Wildman–Crippen LogP) is 4.30. The fourth-order valence-corrected chi connectivity index (χ4v) is 3.72. The molecule has 0 radical (unpaired) electrons. The summed E-state index contributed by atoms with van der Waals surface area (Å²) < 4.78 is 6.69. The molecule has 0 atom stereocenters. The number of anilines is 1. The Morgan fingerprint density at radius 2 is 2.06 bits per heavy atom. The molecular weight excluding hydrogens is 414 g/mol. The standard InChI is InChI=1S/C23H24ClN5O2/c1-5-20(26-13(2)3)14-6-7-17(19(24)9-14)18-8-15-10-25-23(27-16-11-31-12-16)28-21(15)29(4)22(18)30/h5-10,16H,11-12H2,1-4H3,(H,25,27,28)/b20-5-. The van der Waals surface area contributed by atoms with Crippen LogP contribution in [0.1, 0.15) is 26.3 Å². The number of ether oxygens (including phenoxy) is 1. The number of hydrogen-bond donors (Lipinski definition) is 1. The molecule has 1 N–H and O–H groups in total. The lowest BCUT2D eigenvalue weighted by Crippen LogP contribution is -2.40. The van der Waals surface area contributed by atoms with Crippen molar-refractivity contribution in [3.8, 4) is 11.1 Å². The second-order valence-electron chi connectivity index (χ2n) is 7.70. The zero-order valence-electron chi connectivity index (χ0n) is 17.9. The molecule has 3 heterocycles. The third kappa shape index (κ3) is 4.24. The van der Waals surface area contributed by atoms with E-state index in [9.17, 15) is 4.79 Å². The Kier molecular flexibility index (Phi) is 5.89. The Morgan fingerprint density at radius 1 is 1.29 bits per heavy atom. The molecule has 0 spiro atoms. The Morgan fingerprint density at radius 3 is 2.68 bits per heavy atom. The number of halogens is 1. The van der Waals surface area contributed by atoms with Crippen LogP contribution < -0.4 is 10.9 Å². The smallest absolute Gasteiger partial charge is 0.259 e. The molecule has 1 aliphatic rings.